The standard InChI is InChI=1S/C24H29N5O/c1-26(22-10-6-3-7-11-22)23(30)20-28-16-14-27(15-17-28)18-19-29-13-12-25-24(29)21-8-4-2-5-9-21/h2-13H,14-20H2,1H3. The summed E-state index contributed by atoms with van der Waals surface area (Å²) in [4.78, 5) is 23.6. The number of rotatable bonds is 7. The van der Waals surface area contributed by atoms with Gasteiger partial charge in [0.25, 0.3) is 0 Å². The Kier molecular flexibility index (Phi) is 6.57. The number of nitrogens with zero attached hydrogens (tertiary/aromatic N) is 5. The quantitative estimate of drug-likeness (QED) is 0.609. The largest absolute Gasteiger partial charge is 0.330 e. The van der Waals surface area contributed by atoms with Crippen LogP contribution in [-0.2, 0) is 11.3 Å². The Balaban J connectivity index is 1.24. The van der Waals surface area contributed by atoms with Crippen molar-refractivity contribution in [3.63, 3.8) is 0 Å². The number of hydrogen-bond acceptors (Lipinski definition) is 4. The van der Waals surface area contributed by atoms with Crippen molar-refractivity contribution in [2.75, 3.05) is 51.2 Å². The minimum absolute atomic E-state index is 0.139. The van der Waals surface area contributed by atoms with Crippen LogP contribution in [0.2, 0.25) is 0 Å². The summed E-state index contributed by atoms with van der Waals surface area (Å²) in [6.45, 7) is 6.18. The number of likely N-dealkylation sites (N-methyl/N-ethyl adjacent to an activating group) is 1. The monoisotopic (exact) mass is 403 g/mol. The predicted octanol–water partition coefficient (Wildman–Crippen LogP) is 2.83. The van der Waals surface area contributed by atoms with Crippen LogP contribution in [0.4, 0.5) is 5.69 Å². The van der Waals surface area contributed by atoms with Gasteiger partial charge in [0.15, 0.2) is 0 Å². The van der Waals surface area contributed by atoms with Crippen molar-refractivity contribution in [2.45, 2.75) is 6.54 Å². The van der Waals surface area contributed by atoms with Crippen LogP contribution in [0.1, 0.15) is 0 Å². The summed E-state index contributed by atoms with van der Waals surface area (Å²) in [5.41, 5.74) is 2.09. The first-order chi connectivity index (χ1) is 14.7. The molecule has 1 amide bonds. The molecule has 6 nitrogen and oxygen atoms in total. The number of amides is 1. The SMILES string of the molecule is CN(C(=O)CN1CCN(CCn2ccnc2-c2ccccc2)CC1)c1ccccc1. The molecule has 1 fully saturated rings. The highest BCUT2D eigenvalue weighted by molar-refractivity contribution is 5.94. The van der Waals surface area contributed by atoms with Gasteiger partial charge in [-0.25, -0.2) is 4.98 Å². The summed E-state index contributed by atoms with van der Waals surface area (Å²) in [6, 6.07) is 20.1. The molecule has 0 saturated carbocycles. The predicted molar refractivity (Wildman–Crippen MR) is 120 cm³/mol. The van der Waals surface area contributed by atoms with Crippen LogP contribution in [-0.4, -0.2) is 71.6 Å². The van der Waals surface area contributed by atoms with Crippen LogP contribution >= 0.6 is 0 Å². The minimum Gasteiger partial charge on any atom is -0.330 e. The van der Waals surface area contributed by atoms with Gasteiger partial charge >= 0.3 is 0 Å². The number of carbonyl (C=O) groups excluding carboxylic acids is 1. The molecule has 2 heterocycles. The second kappa shape index (κ2) is 9.69. The van der Waals surface area contributed by atoms with Gasteiger partial charge in [-0.3, -0.25) is 14.6 Å². The Morgan fingerprint density at radius 1 is 0.900 bits per heavy atom. The summed E-state index contributed by atoms with van der Waals surface area (Å²) in [5.74, 6) is 1.16. The number of piperazine rings is 1. The molecule has 0 bridgehead atoms. The topological polar surface area (TPSA) is 44.6 Å². The lowest BCUT2D eigenvalue weighted by molar-refractivity contribution is -0.119. The molecule has 0 radical (unpaired) electrons. The van der Waals surface area contributed by atoms with Crippen molar-refractivity contribution in [3.8, 4) is 11.4 Å². The van der Waals surface area contributed by atoms with Crippen molar-refractivity contribution < 1.29 is 4.79 Å². The average molecular weight is 404 g/mol. The lowest BCUT2D eigenvalue weighted by atomic mass is 10.2. The average Bonchev–Trinajstić information content (AvgIpc) is 3.28. The maximum Gasteiger partial charge on any atom is 0.240 e. The molecule has 6 heteroatoms. The van der Waals surface area contributed by atoms with E-state index < -0.39 is 0 Å². The molecule has 3 aromatic rings. The normalized spacial score (nSPS) is 15.2. The van der Waals surface area contributed by atoms with Gasteiger partial charge in [-0.15, -0.1) is 0 Å². The fourth-order valence-corrected chi connectivity index (χ4v) is 3.85. The second-order valence-corrected chi connectivity index (χ2v) is 7.72. The summed E-state index contributed by atoms with van der Waals surface area (Å²) in [6.07, 6.45) is 3.92. The molecule has 0 spiro atoms. The van der Waals surface area contributed by atoms with E-state index in [2.05, 4.69) is 37.7 Å². The Labute approximate surface area is 178 Å². The van der Waals surface area contributed by atoms with Gasteiger partial charge in [0, 0.05) is 70.0 Å². The number of hydrogen-bond donors (Lipinski definition) is 0. The van der Waals surface area contributed by atoms with Crippen molar-refractivity contribution in [3.05, 3.63) is 73.1 Å². The van der Waals surface area contributed by atoms with Crippen molar-refractivity contribution in [1.29, 1.82) is 0 Å². The summed E-state index contributed by atoms with van der Waals surface area (Å²) >= 11 is 0. The van der Waals surface area contributed by atoms with Gasteiger partial charge in [-0.05, 0) is 12.1 Å². The van der Waals surface area contributed by atoms with E-state index in [9.17, 15) is 4.79 Å². The maximum atomic E-state index is 12.6. The molecule has 2 aromatic carbocycles. The zero-order valence-corrected chi connectivity index (χ0v) is 17.5. The van der Waals surface area contributed by atoms with E-state index >= 15 is 0 Å². The molecule has 1 aromatic heterocycles. The summed E-state index contributed by atoms with van der Waals surface area (Å²) in [7, 11) is 1.85. The molecule has 1 aliphatic heterocycles. The van der Waals surface area contributed by atoms with E-state index in [0.717, 1.165) is 56.3 Å². The number of para-hydroxylation sites is 1. The number of anilines is 1. The smallest absolute Gasteiger partial charge is 0.240 e. The molecule has 156 valence electrons. The molecule has 0 aliphatic carbocycles. The Morgan fingerprint density at radius 3 is 2.23 bits per heavy atom. The van der Waals surface area contributed by atoms with Gasteiger partial charge in [-0.1, -0.05) is 48.5 Å². The van der Waals surface area contributed by atoms with Crippen LogP contribution < -0.4 is 4.90 Å². The Bertz CT molecular complexity index is 932. The molecule has 0 N–H and O–H groups in total. The van der Waals surface area contributed by atoms with E-state index in [1.54, 1.807) is 4.90 Å². The van der Waals surface area contributed by atoms with E-state index in [1.807, 2.05) is 61.8 Å². The minimum atomic E-state index is 0.139. The highest BCUT2D eigenvalue weighted by atomic mass is 16.2. The zero-order chi connectivity index (χ0) is 20.8. The highest BCUT2D eigenvalue weighted by Gasteiger charge is 2.21. The van der Waals surface area contributed by atoms with Gasteiger partial charge in [0.2, 0.25) is 5.91 Å². The van der Waals surface area contributed by atoms with Crippen LogP contribution in [0.25, 0.3) is 11.4 Å². The van der Waals surface area contributed by atoms with Gasteiger partial charge in [0.05, 0.1) is 6.54 Å². The van der Waals surface area contributed by atoms with E-state index in [1.165, 1.54) is 0 Å². The fourth-order valence-electron chi connectivity index (χ4n) is 3.85. The number of aromatic nitrogens is 2. The van der Waals surface area contributed by atoms with Gasteiger partial charge < -0.3 is 9.47 Å². The first-order valence-electron chi connectivity index (χ1n) is 10.5. The second-order valence-electron chi connectivity index (χ2n) is 7.72. The third-order valence-corrected chi connectivity index (χ3v) is 5.75. The van der Waals surface area contributed by atoms with E-state index in [4.69, 9.17) is 0 Å². The number of benzene rings is 2. The molecular weight excluding hydrogens is 374 g/mol. The van der Waals surface area contributed by atoms with Crippen molar-refractivity contribution in [1.82, 2.24) is 19.4 Å². The molecule has 4 rings (SSSR count). The molecule has 1 saturated heterocycles. The van der Waals surface area contributed by atoms with Gasteiger partial charge in [0.1, 0.15) is 5.82 Å². The first-order valence-corrected chi connectivity index (χ1v) is 10.5. The van der Waals surface area contributed by atoms with Crippen LogP contribution in [0, 0.1) is 0 Å². The van der Waals surface area contributed by atoms with Crippen LogP contribution in [0.15, 0.2) is 73.1 Å². The number of carbonyl (C=O) groups is 1. The molecule has 30 heavy (non-hydrogen) atoms. The third-order valence-electron chi connectivity index (χ3n) is 5.75. The van der Waals surface area contributed by atoms with Crippen LogP contribution in [0.3, 0.4) is 0 Å². The van der Waals surface area contributed by atoms with Gasteiger partial charge in [-0.2, -0.15) is 0 Å². The highest BCUT2D eigenvalue weighted by Crippen LogP contribution is 2.17. The zero-order valence-electron chi connectivity index (χ0n) is 17.5. The fraction of sp³-hybridized carbons (Fsp3) is 0.333. The van der Waals surface area contributed by atoms with Crippen LogP contribution in [0.5, 0.6) is 0 Å². The molecule has 0 unspecified atom stereocenters. The maximum absolute atomic E-state index is 12.6. The lowest BCUT2D eigenvalue weighted by Gasteiger charge is -2.35. The van der Waals surface area contributed by atoms with E-state index in [-0.39, 0.29) is 5.91 Å². The Hall–Kier alpha value is -2.96. The molecular formula is C24H29N5O. The van der Waals surface area contributed by atoms with Crippen molar-refractivity contribution in [2.24, 2.45) is 0 Å². The summed E-state index contributed by atoms with van der Waals surface area (Å²) < 4.78 is 2.22. The Morgan fingerprint density at radius 2 is 1.53 bits per heavy atom. The lowest BCUT2D eigenvalue weighted by Crippen LogP contribution is -2.50. The van der Waals surface area contributed by atoms with Crippen molar-refractivity contribution >= 4 is 11.6 Å². The first kappa shape index (κ1) is 20.3. The summed E-state index contributed by atoms with van der Waals surface area (Å²) in [5, 5.41) is 0. The molecule has 0 atom stereocenters. The number of imidazole rings is 1. The van der Waals surface area contributed by atoms with E-state index in [0.29, 0.717) is 6.54 Å². The molecule has 1 aliphatic rings. The third kappa shape index (κ3) is 4.96.